The topological polar surface area (TPSA) is 18.5 Å². The Morgan fingerprint density at radius 1 is 1.15 bits per heavy atom. The molecule has 108 valence electrons. The SMILES string of the molecule is CC1(C)C2CCC1(C)C(Cc1ccc3c(c1)OCO3)C2. The fraction of sp³-hybridized carbons (Fsp3) is 0.667. The molecule has 2 saturated carbocycles. The first-order chi connectivity index (χ1) is 9.50. The summed E-state index contributed by atoms with van der Waals surface area (Å²) >= 11 is 0. The van der Waals surface area contributed by atoms with Crippen LogP contribution < -0.4 is 9.47 Å². The monoisotopic (exact) mass is 272 g/mol. The Kier molecular flexibility index (Phi) is 2.47. The molecule has 2 aliphatic carbocycles. The van der Waals surface area contributed by atoms with Crippen LogP contribution in [0.3, 0.4) is 0 Å². The molecule has 3 aliphatic rings. The van der Waals surface area contributed by atoms with Crippen LogP contribution >= 0.6 is 0 Å². The van der Waals surface area contributed by atoms with Gasteiger partial charge >= 0.3 is 0 Å². The van der Waals surface area contributed by atoms with E-state index in [0.29, 0.717) is 17.6 Å². The molecule has 0 aromatic heterocycles. The van der Waals surface area contributed by atoms with E-state index in [-0.39, 0.29) is 0 Å². The quantitative estimate of drug-likeness (QED) is 0.793. The summed E-state index contributed by atoms with van der Waals surface area (Å²) in [4.78, 5) is 0. The van der Waals surface area contributed by atoms with Crippen LogP contribution in [0, 0.1) is 22.7 Å². The molecule has 1 aliphatic heterocycles. The predicted molar refractivity (Wildman–Crippen MR) is 79.0 cm³/mol. The summed E-state index contributed by atoms with van der Waals surface area (Å²) < 4.78 is 10.9. The first kappa shape index (κ1) is 12.6. The Labute approximate surface area is 121 Å². The summed E-state index contributed by atoms with van der Waals surface area (Å²) in [6, 6.07) is 6.47. The molecule has 1 heterocycles. The van der Waals surface area contributed by atoms with Crippen LogP contribution in [-0.4, -0.2) is 6.79 Å². The molecule has 0 amide bonds. The van der Waals surface area contributed by atoms with Crippen molar-refractivity contribution in [2.75, 3.05) is 6.79 Å². The van der Waals surface area contributed by atoms with Gasteiger partial charge in [-0.3, -0.25) is 0 Å². The number of benzene rings is 1. The molecular formula is C18H24O2. The summed E-state index contributed by atoms with van der Waals surface area (Å²) in [6.07, 6.45) is 5.42. The van der Waals surface area contributed by atoms with Crippen LogP contribution in [0.1, 0.15) is 45.6 Å². The lowest BCUT2D eigenvalue weighted by Crippen LogP contribution is -2.33. The highest BCUT2D eigenvalue weighted by Crippen LogP contribution is 2.68. The Bertz CT molecular complexity index is 548. The molecule has 2 heteroatoms. The average molecular weight is 272 g/mol. The Morgan fingerprint density at radius 3 is 2.65 bits per heavy atom. The molecule has 0 radical (unpaired) electrons. The third-order valence-corrected chi connectivity index (χ3v) is 6.89. The lowest BCUT2D eigenvalue weighted by molar-refractivity contribution is 0.103. The van der Waals surface area contributed by atoms with Gasteiger partial charge in [-0.25, -0.2) is 0 Å². The van der Waals surface area contributed by atoms with Crippen LogP contribution in [0.15, 0.2) is 18.2 Å². The minimum atomic E-state index is 0.370. The molecule has 2 nitrogen and oxygen atoms in total. The van der Waals surface area contributed by atoms with Gasteiger partial charge in [0, 0.05) is 0 Å². The molecule has 2 bridgehead atoms. The second-order valence-corrected chi connectivity index (χ2v) is 7.70. The van der Waals surface area contributed by atoms with Crippen molar-refractivity contribution in [3.05, 3.63) is 23.8 Å². The van der Waals surface area contributed by atoms with Gasteiger partial charge in [0.1, 0.15) is 0 Å². The van der Waals surface area contributed by atoms with E-state index >= 15 is 0 Å². The maximum absolute atomic E-state index is 5.51. The van der Waals surface area contributed by atoms with Gasteiger partial charge in [-0.05, 0) is 66.0 Å². The van der Waals surface area contributed by atoms with Crippen molar-refractivity contribution in [1.29, 1.82) is 0 Å². The van der Waals surface area contributed by atoms with Crippen LogP contribution in [0.25, 0.3) is 0 Å². The fourth-order valence-electron chi connectivity index (χ4n) is 5.03. The zero-order chi connectivity index (χ0) is 14.0. The predicted octanol–water partition coefficient (Wildman–Crippen LogP) is 4.42. The van der Waals surface area contributed by atoms with Crippen LogP contribution in [-0.2, 0) is 6.42 Å². The maximum atomic E-state index is 5.51. The standard InChI is InChI=1S/C18H24O2/c1-17(2)13-6-7-18(17,3)14(10-13)8-12-4-5-15-16(9-12)20-11-19-15/h4-5,9,13-14H,6-8,10-11H2,1-3H3. The Balaban J connectivity index is 1.59. The van der Waals surface area contributed by atoms with Gasteiger partial charge < -0.3 is 9.47 Å². The Hall–Kier alpha value is -1.18. The van der Waals surface area contributed by atoms with Gasteiger partial charge in [0.15, 0.2) is 11.5 Å². The molecule has 1 aromatic carbocycles. The summed E-state index contributed by atoms with van der Waals surface area (Å²) in [6.45, 7) is 7.88. The molecule has 0 spiro atoms. The molecule has 1 aromatic rings. The van der Waals surface area contributed by atoms with E-state index in [9.17, 15) is 0 Å². The zero-order valence-corrected chi connectivity index (χ0v) is 12.7. The van der Waals surface area contributed by atoms with Gasteiger partial charge in [-0.2, -0.15) is 0 Å². The number of hydrogen-bond donors (Lipinski definition) is 0. The maximum Gasteiger partial charge on any atom is 0.231 e. The molecule has 0 saturated heterocycles. The highest BCUT2D eigenvalue weighted by atomic mass is 16.7. The highest BCUT2D eigenvalue weighted by molar-refractivity contribution is 5.44. The lowest BCUT2D eigenvalue weighted by Gasteiger charge is -2.39. The second-order valence-electron chi connectivity index (χ2n) is 7.70. The number of hydrogen-bond acceptors (Lipinski definition) is 2. The van der Waals surface area contributed by atoms with Crippen LogP contribution in [0.5, 0.6) is 11.5 Å². The molecule has 0 N–H and O–H groups in total. The lowest BCUT2D eigenvalue weighted by atomic mass is 9.65. The van der Waals surface area contributed by atoms with Gasteiger partial charge in [0.2, 0.25) is 6.79 Å². The molecular weight excluding hydrogens is 248 g/mol. The molecule has 3 atom stereocenters. The average Bonchev–Trinajstić information content (AvgIpc) is 3.00. The van der Waals surface area contributed by atoms with E-state index in [0.717, 1.165) is 23.3 Å². The van der Waals surface area contributed by atoms with E-state index in [4.69, 9.17) is 9.47 Å². The van der Waals surface area contributed by atoms with Gasteiger partial charge in [0.05, 0.1) is 0 Å². The van der Waals surface area contributed by atoms with Crippen molar-refractivity contribution in [2.24, 2.45) is 22.7 Å². The number of ether oxygens (including phenoxy) is 2. The normalized spacial score (nSPS) is 36.5. The third kappa shape index (κ3) is 1.51. The molecule has 4 rings (SSSR count). The van der Waals surface area contributed by atoms with E-state index in [1.165, 1.54) is 31.2 Å². The van der Waals surface area contributed by atoms with Crippen molar-refractivity contribution < 1.29 is 9.47 Å². The minimum Gasteiger partial charge on any atom is -0.454 e. The Morgan fingerprint density at radius 2 is 1.95 bits per heavy atom. The van der Waals surface area contributed by atoms with Crippen LogP contribution in [0.2, 0.25) is 0 Å². The van der Waals surface area contributed by atoms with Crippen molar-refractivity contribution in [3.8, 4) is 11.5 Å². The van der Waals surface area contributed by atoms with Crippen molar-refractivity contribution in [1.82, 2.24) is 0 Å². The summed E-state index contributed by atoms with van der Waals surface area (Å²) in [5, 5.41) is 0. The van der Waals surface area contributed by atoms with Gasteiger partial charge in [-0.1, -0.05) is 26.8 Å². The second kappa shape index (κ2) is 3.93. The third-order valence-electron chi connectivity index (χ3n) is 6.89. The van der Waals surface area contributed by atoms with Crippen molar-refractivity contribution >= 4 is 0 Å². The fourth-order valence-corrected chi connectivity index (χ4v) is 5.03. The van der Waals surface area contributed by atoms with Crippen molar-refractivity contribution in [3.63, 3.8) is 0 Å². The largest absolute Gasteiger partial charge is 0.454 e. The highest BCUT2D eigenvalue weighted by Gasteiger charge is 2.60. The van der Waals surface area contributed by atoms with E-state index < -0.39 is 0 Å². The summed E-state index contributed by atoms with van der Waals surface area (Å²) in [5.41, 5.74) is 2.42. The van der Waals surface area contributed by atoms with E-state index in [1.54, 1.807) is 0 Å². The zero-order valence-electron chi connectivity index (χ0n) is 12.7. The minimum absolute atomic E-state index is 0.370. The van der Waals surface area contributed by atoms with Gasteiger partial charge in [-0.15, -0.1) is 0 Å². The smallest absolute Gasteiger partial charge is 0.231 e. The number of fused-ring (bicyclic) bond motifs is 3. The first-order valence-corrected chi connectivity index (χ1v) is 7.89. The first-order valence-electron chi connectivity index (χ1n) is 7.89. The molecule has 3 unspecified atom stereocenters. The summed E-state index contributed by atoms with van der Waals surface area (Å²) in [5.74, 6) is 3.56. The van der Waals surface area contributed by atoms with Gasteiger partial charge in [0.25, 0.3) is 0 Å². The molecule has 2 fully saturated rings. The molecule has 20 heavy (non-hydrogen) atoms. The number of rotatable bonds is 2. The summed E-state index contributed by atoms with van der Waals surface area (Å²) in [7, 11) is 0. The van der Waals surface area contributed by atoms with Crippen molar-refractivity contribution in [2.45, 2.75) is 46.5 Å². The van der Waals surface area contributed by atoms with E-state index in [2.05, 4.69) is 39.0 Å². The van der Waals surface area contributed by atoms with E-state index in [1.807, 2.05) is 0 Å². The van der Waals surface area contributed by atoms with Crippen LogP contribution in [0.4, 0.5) is 0 Å².